The van der Waals surface area contributed by atoms with E-state index in [1.165, 1.54) is 12.8 Å². The number of rotatable bonds is 5. The monoisotopic (exact) mass is 346 g/mol. The molecule has 1 aromatic heterocycles. The second-order valence-corrected chi connectivity index (χ2v) is 8.47. The molecule has 0 N–H and O–H groups in total. The summed E-state index contributed by atoms with van der Waals surface area (Å²) in [5, 5.41) is 0. The van der Waals surface area contributed by atoms with E-state index in [9.17, 15) is 4.79 Å². The molecule has 0 unspecified atom stereocenters. The molecular weight excluding hydrogens is 316 g/mol. The maximum Gasteiger partial charge on any atom is 0.274 e. The predicted molar refractivity (Wildman–Crippen MR) is 95.3 cm³/mol. The Labute approximate surface area is 150 Å². The molecule has 4 rings (SSSR count). The van der Waals surface area contributed by atoms with Gasteiger partial charge in [0.05, 0.1) is 12.4 Å². The van der Waals surface area contributed by atoms with Crippen LogP contribution in [0.4, 0.5) is 0 Å². The van der Waals surface area contributed by atoms with Gasteiger partial charge in [-0.25, -0.2) is 4.98 Å². The van der Waals surface area contributed by atoms with Gasteiger partial charge in [-0.2, -0.15) is 0 Å². The number of carbonyl (C=O) groups is 1. The fourth-order valence-electron chi connectivity index (χ4n) is 4.51. The van der Waals surface area contributed by atoms with Crippen molar-refractivity contribution >= 4 is 5.91 Å². The molecule has 2 saturated carbocycles. The van der Waals surface area contributed by atoms with Crippen LogP contribution in [0, 0.1) is 17.8 Å². The third-order valence-electron chi connectivity index (χ3n) is 6.20. The van der Waals surface area contributed by atoms with Crippen molar-refractivity contribution in [3.63, 3.8) is 0 Å². The van der Waals surface area contributed by atoms with E-state index in [1.54, 1.807) is 6.33 Å². The number of amides is 1. The van der Waals surface area contributed by atoms with Gasteiger partial charge in [0.2, 0.25) is 0 Å². The number of imidazole rings is 1. The maximum atomic E-state index is 12.7. The third kappa shape index (κ3) is 3.60. The fourth-order valence-corrected chi connectivity index (χ4v) is 4.51. The van der Waals surface area contributed by atoms with Crippen LogP contribution in [0.2, 0.25) is 0 Å². The van der Waals surface area contributed by atoms with Gasteiger partial charge in [-0.3, -0.25) is 4.79 Å². The van der Waals surface area contributed by atoms with Crippen LogP contribution in [0.1, 0.15) is 36.2 Å². The second kappa shape index (κ2) is 6.72. The van der Waals surface area contributed by atoms with Gasteiger partial charge >= 0.3 is 0 Å². The lowest BCUT2D eigenvalue weighted by Crippen LogP contribution is -2.48. The van der Waals surface area contributed by atoms with E-state index in [1.807, 2.05) is 22.7 Å². The Morgan fingerprint density at radius 2 is 2.00 bits per heavy atom. The van der Waals surface area contributed by atoms with Gasteiger partial charge in [-0.15, -0.1) is 0 Å². The van der Waals surface area contributed by atoms with Gasteiger partial charge < -0.3 is 19.1 Å². The molecule has 1 amide bonds. The Morgan fingerprint density at radius 3 is 2.60 bits per heavy atom. The van der Waals surface area contributed by atoms with Crippen molar-refractivity contribution in [2.75, 3.05) is 33.8 Å². The normalized spacial score (nSPS) is 32.2. The van der Waals surface area contributed by atoms with Gasteiger partial charge in [0.15, 0.2) is 0 Å². The molecule has 3 aliphatic rings. The Hall–Kier alpha value is -1.40. The molecule has 0 spiro atoms. The highest BCUT2D eigenvalue weighted by atomic mass is 16.5. The highest BCUT2D eigenvalue weighted by molar-refractivity contribution is 5.92. The summed E-state index contributed by atoms with van der Waals surface area (Å²) in [6.45, 7) is 2.63. The number of hydrogen-bond donors (Lipinski definition) is 0. The minimum Gasteiger partial charge on any atom is -0.376 e. The van der Waals surface area contributed by atoms with Crippen LogP contribution in [0.5, 0.6) is 0 Å². The summed E-state index contributed by atoms with van der Waals surface area (Å²) in [6.07, 6.45) is 8.68. The van der Waals surface area contributed by atoms with Crippen molar-refractivity contribution in [1.82, 2.24) is 19.4 Å². The Bertz CT molecular complexity index is 625. The number of carbonyl (C=O) groups excluding carboxylic acids is 1. The quantitative estimate of drug-likeness (QED) is 0.813. The lowest BCUT2D eigenvalue weighted by Gasteiger charge is -2.41. The van der Waals surface area contributed by atoms with E-state index < -0.39 is 0 Å². The number of aryl methyl sites for hydroxylation is 1. The minimum atomic E-state index is 0.0758. The number of hydrogen-bond acceptors (Lipinski definition) is 4. The van der Waals surface area contributed by atoms with Crippen LogP contribution in [0.15, 0.2) is 12.5 Å². The highest BCUT2D eigenvalue weighted by Crippen LogP contribution is 2.40. The van der Waals surface area contributed by atoms with Crippen LogP contribution in [0.3, 0.4) is 0 Å². The van der Waals surface area contributed by atoms with Crippen LogP contribution in [-0.2, 0) is 11.8 Å². The number of ether oxygens (including phenoxy) is 1. The van der Waals surface area contributed by atoms with Crippen molar-refractivity contribution in [1.29, 1.82) is 0 Å². The van der Waals surface area contributed by atoms with Crippen molar-refractivity contribution in [3.05, 3.63) is 18.2 Å². The third-order valence-corrected chi connectivity index (χ3v) is 6.20. The van der Waals surface area contributed by atoms with Gasteiger partial charge in [0.1, 0.15) is 5.69 Å². The first kappa shape index (κ1) is 17.0. The predicted octanol–water partition coefficient (Wildman–Crippen LogP) is 1.63. The van der Waals surface area contributed by atoms with E-state index in [4.69, 9.17) is 4.74 Å². The molecule has 2 aliphatic carbocycles. The Kier molecular flexibility index (Phi) is 4.58. The smallest absolute Gasteiger partial charge is 0.274 e. The van der Waals surface area contributed by atoms with E-state index in [-0.39, 0.29) is 5.91 Å². The van der Waals surface area contributed by atoms with E-state index in [2.05, 4.69) is 24.0 Å². The first-order valence-corrected chi connectivity index (χ1v) is 9.56. The molecular formula is C19H30N4O2. The molecule has 138 valence electrons. The molecule has 1 saturated heterocycles. The van der Waals surface area contributed by atoms with Gasteiger partial charge in [-0.05, 0) is 57.5 Å². The Balaban J connectivity index is 1.41. The zero-order valence-corrected chi connectivity index (χ0v) is 15.6. The summed E-state index contributed by atoms with van der Waals surface area (Å²) in [6, 6.07) is 0.463. The standard InChI is InChI=1S/C19H30N4O2/c1-21(2)17-6-14-8-23(19(24)16-10-22(3)12-20-16)9-15(14)7-18(17)25-11-13-4-5-13/h10,12-15,17-18H,4-9,11H2,1-3H3/t14-,15+,17-,18-/m1/s1. The minimum absolute atomic E-state index is 0.0758. The number of likely N-dealkylation sites (tertiary alicyclic amines) is 1. The molecule has 6 nitrogen and oxygen atoms in total. The highest BCUT2D eigenvalue weighted by Gasteiger charge is 2.45. The zero-order valence-electron chi connectivity index (χ0n) is 15.6. The lowest BCUT2D eigenvalue weighted by molar-refractivity contribution is -0.0493. The average Bonchev–Trinajstić information content (AvgIpc) is 3.16. The van der Waals surface area contributed by atoms with E-state index in [0.717, 1.165) is 38.5 Å². The molecule has 1 aromatic rings. The van der Waals surface area contributed by atoms with Crippen molar-refractivity contribution < 1.29 is 9.53 Å². The number of likely N-dealkylation sites (N-methyl/N-ethyl adjacent to an activating group) is 1. The lowest BCUT2D eigenvalue weighted by atomic mass is 9.77. The van der Waals surface area contributed by atoms with Gasteiger partial charge in [-0.1, -0.05) is 0 Å². The second-order valence-electron chi connectivity index (χ2n) is 8.47. The summed E-state index contributed by atoms with van der Waals surface area (Å²) >= 11 is 0. The number of fused-ring (bicyclic) bond motifs is 1. The fraction of sp³-hybridized carbons (Fsp3) is 0.789. The van der Waals surface area contributed by atoms with E-state index >= 15 is 0 Å². The van der Waals surface area contributed by atoms with Crippen LogP contribution >= 0.6 is 0 Å². The summed E-state index contributed by atoms with van der Waals surface area (Å²) in [4.78, 5) is 21.3. The summed E-state index contributed by atoms with van der Waals surface area (Å²) in [5.41, 5.74) is 0.562. The average molecular weight is 346 g/mol. The summed E-state index contributed by atoms with van der Waals surface area (Å²) in [5.74, 6) is 2.02. The summed E-state index contributed by atoms with van der Waals surface area (Å²) < 4.78 is 8.15. The molecule has 2 heterocycles. The van der Waals surface area contributed by atoms with Crippen LogP contribution in [0.25, 0.3) is 0 Å². The van der Waals surface area contributed by atoms with Crippen LogP contribution in [-0.4, -0.2) is 71.2 Å². The summed E-state index contributed by atoms with van der Waals surface area (Å²) in [7, 11) is 6.21. The molecule has 0 radical (unpaired) electrons. The SMILES string of the molecule is CN(C)[C@@H]1C[C@@H]2CN(C(=O)c3cn(C)cn3)C[C@@H]2C[C@H]1OCC1CC1. The molecule has 0 aromatic carbocycles. The molecule has 3 fully saturated rings. The van der Waals surface area contributed by atoms with Gasteiger partial charge in [0.25, 0.3) is 5.91 Å². The number of aromatic nitrogens is 2. The van der Waals surface area contributed by atoms with Gasteiger partial charge in [0, 0.05) is 39.0 Å². The largest absolute Gasteiger partial charge is 0.376 e. The first-order valence-electron chi connectivity index (χ1n) is 9.56. The Morgan fingerprint density at radius 1 is 1.28 bits per heavy atom. The molecule has 1 aliphatic heterocycles. The first-order chi connectivity index (χ1) is 12.0. The van der Waals surface area contributed by atoms with E-state index in [0.29, 0.717) is 29.7 Å². The number of nitrogens with zero attached hydrogens (tertiary/aromatic N) is 4. The van der Waals surface area contributed by atoms with Crippen LogP contribution < -0.4 is 0 Å². The topological polar surface area (TPSA) is 50.6 Å². The van der Waals surface area contributed by atoms with Crippen molar-refractivity contribution in [3.8, 4) is 0 Å². The molecule has 0 bridgehead atoms. The molecule has 4 atom stereocenters. The zero-order chi connectivity index (χ0) is 17.6. The molecule has 25 heavy (non-hydrogen) atoms. The van der Waals surface area contributed by atoms with Crippen molar-refractivity contribution in [2.45, 2.75) is 37.8 Å². The van der Waals surface area contributed by atoms with Crippen molar-refractivity contribution in [2.24, 2.45) is 24.8 Å². The molecule has 6 heteroatoms. The maximum absolute atomic E-state index is 12.7.